The monoisotopic (exact) mass is 448 g/mol. The van der Waals surface area contributed by atoms with Gasteiger partial charge in [0, 0.05) is 56.9 Å². The smallest absolute Gasteiger partial charge is 0.191 e. The third-order valence-electron chi connectivity index (χ3n) is 5.61. The number of nitrogens with one attached hydrogen (secondary N) is 2. The summed E-state index contributed by atoms with van der Waals surface area (Å²) in [5.74, 6) is 1.69. The largest absolute Gasteiger partial charge is 0.379 e. The van der Waals surface area contributed by atoms with Crippen LogP contribution >= 0.6 is 22.9 Å². The topological polar surface area (TPSA) is 65.0 Å². The lowest BCUT2D eigenvalue weighted by Crippen LogP contribution is -2.48. The van der Waals surface area contributed by atoms with E-state index in [1.807, 2.05) is 30.5 Å². The van der Waals surface area contributed by atoms with Crippen LogP contribution in [0.5, 0.6) is 0 Å². The van der Waals surface area contributed by atoms with Crippen molar-refractivity contribution in [2.24, 2.45) is 4.99 Å². The molecule has 0 amide bonds. The molecule has 0 saturated carbocycles. The highest BCUT2D eigenvalue weighted by atomic mass is 35.5. The minimum Gasteiger partial charge on any atom is -0.379 e. The first-order valence-corrected chi connectivity index (χ1v) is 11.7. The first kappa shape index (κ1) is 21.4. The van der Waals surface area contributed by atoms with Crippen molar-refractivity contribution in [3.8, 4) is 0 Å². The molecule has 0 bridgehead atoms. The summed E-state index contributed by atoms with van der Waals surface area (Å²) in [5, 5.41) is 9.97. The molecule has 0 radical (unpaired) electrons. The van der Waals surface area contributed by atoms with Crippen LogP contribution in [-0.4, -0.2) is 74.9 Å². The molecule has 2 aromatic heterocycles. The van der Waals surface area contributed by atoms with Crippen LogP contribution in [0.3, 0.4) is 0 Å². The van der Waals surface area contributed by atoms with Crippen molar-refractivity contribution in [1.82, 2.24) is 20.5 Å². The van der Waals surface area contributed by atoms with E-state index in [4.69, 9.17) is 16.3 Å². The van der Waals surface area contributed by atoms with E-state index < -0.39 is 0 Å². The number of hydrogen-bond donors (Lipinski definition) is 2. The van der Waals surface area contributed by atoms with Crippen LogP contribution in [0.15, 0.2) is 40.8 Å². The first-order valence-electron chi connectivity index (χ1n) is 10.4. The number of rotatable bonds is 6. The number of nitrogens with zero attached hydrogens (tertiary/aromatic N) is 4. The Morgan fingerprint density at radius 1 is 1.33 bits per heavy atom. The zero-order valence-corrected chi connectivity index (χ0v) is 18.8. The fraction of sp³-hybridized carbons (Fsp3) is 0.524. The van der Waals surface area contributed by atoms with Crippen LogP contribution in [0, 0.1) is 0 Å². The SMILES string of the molecule is CN=C(NCC(c1cccs1)N1CCOCC1)NC1CCN(c2ncccc2Cl)C1. The maximum atomic E-state index is 6.32. The van der Waals surface area contributed by atoms with Gasteiger partial charge in [-0.25, -0.2) is 4.98 Å². The number of ether oxygens (including phenoxy) is 1. The van der Waals surface area contributed by atoms with Crippen LogP contribution in [0.25, 0.3) is 0 Å². The van der Waals surface area contributed by atoms with Crippen LogP contribution in [-0.2, 0) is 4.74 Å². The summed E-state index contributed by atoms with van der Waals surface area (Å²) in [6.07, 6.45) is 2.81. The predicted molar refractivity (Wildman–Crippen MR) is 124 cm³/mol. The molecule has 0 aliphatic carbocycles. The lowest BCUT2D eigenvalue weighted by Gasteiger charge is -2.34. The van der Waals surface area contributed by atoms with Crippen molar-refractivity contribution >= 4 is 34.7 Å². The van der Waals surface area contributed by atoms with Gasteiger partial charge in [-0.1, -0.05) is 17.7 Å². The van der Waals surface area contributed by atoms with Crippen molar-refractivity contribution in [1.29, 1.82) is 0 Å². The molecule has 0 aromatic carbocycles. The van der Waals surface area contributed by atoms with E-state index in [1.165, 1.54) is 4.88 Å². The number of aromatic nitrogens is 1. The summed E-state index contributed by atoms with van der Waals surface area (Å²) in [6.45, 7) is 6.10. The molecule has 2 N–H and O–H groups in total. The molecule has 2 aromatic rings. The van der Waals surface area contributed by atoms with Crippen molar-refractivity contribution < 1.29 is 4.74 Å². The molecule has 9 heteroatoms. The molecule has 2 fully saturated rings. The fourth-order valence-corrected chi connectivity index (χ4v) is 5.14. The molecule has 2 saturated heterocycles. The van der Waals surface area contributed by atoms with Gasteiger partial charge in [-0.05, 0) is 30.0 Å². The van der Waals surface area contributed by atoms with Gasteiger partial charge in [0.05, 0.1) is 24.3 Å². The number of guanidine groups is 1. The Bertz CT molecular complexity index is 827. The van der Waals surface area contributed by atoms with Crippen molar-refractivity contribution in [3.63, 3.8) is 0 Å². The first-order chi connectivity index (χ1) is 14.7. The van der Waals surface area contributed by atoms with Crippen LogP contribution in [0.2, 0.25) is 5.02 Å². The molecule has 162 valence electrons. The van der Waals surface area contributed by atoms with Gasteiger partial charge < -0.3 is 20.3 Å². The van der Waals surface area contributed by atoms with Gasteiger partial charge in [0.2, 0.25) is 0 Å². The minimum atomic E-state index is 0.304. The van der Waals surface area contributed by atoms with E-state index >= 15 is 0 Å². The molecule has 2 unspecified atom stereocenters. The highest BCUT2D eigenvalue weighted by Gasteiger charge is 2.27. The van der Waals surface area contributed by atoms with Gasteiger partial charge in [-0.2, -0.15) is 0 Å². The summed E-state index contributed by atoms with van der Waals surface area (Å²) < 4.78 is 5.54. The van der Waals surface area contributed by atoms with Gasteiger partial charge in [0.1, 0.15) is 5.82 Å². The van der Waals surface area contributed by atoms with Crippen molar-refractivity contribution in [2.75, 3.05) is 57.9 Å². The Morgan fingerprint density at radius 2 is 2.20 bits per heavy atom. The van der Waals surface area contributed by atoms with Gasteiger partial charge >= 0.3 is 0 Å². The third-order valence-corrected chi connectivity index (χ3v) is 6.88. The van der Waals surface area contributed by atoms with Crippen LogP contribution in [0.1, 0.15) is 17.3 Å². The highest BCUT2D eigenvalue weighted by molar-refractivity contribution is 7.10. The normalized spacial score (nSPS) is 21.6. The van der Waals surface area contributed by atoms with E-state index in [0.717, 1.165) is 64.1 Å². The minimum absolute atomic E-state index is 0.304. The number of halogens is 1. The number of thiophene rings is 1. The standard InChI is InChI=1S/C21H29ClN6OS/c1-23-21(26-16-6-8-28(15-16)20-17(22)4-2-7-24-20)25-14-18(19-5-3-13-30-19)27-9-11-29-12-10-27/h2-5,7,13,16,18H,6,8-12,14-15H2,1H3,(H2,23,25,26). The Hall–Kier alpha value is -1.87. The number of anilines is 1. The summed E-state index contributed by atoms with van der Waals surface area (Å²) in [6, 6.07) is 8.71. The van der Waals surface area contributed by atoms with Gasteiger partial charge in [-0.15, -0.1) is 11.3 Å². The number of hydrogen-bond acceptors (Lipinski definition) is 6. The van der Waals surface area contributed by atoms with Crippen LogP contribution in [0.4, 0.5) is 5.82 Å². The second kappa shape index (κ2) is 10.4. The molecule has 2 aliphatic heterocycles. The average molecular weight is 449 g/mol. The second-order valence-corrected chi connectivity index (χ2v) is 8.90. The molecule has 30 heavy (non-hydrogen) atoms. The van der Waals surface area contributed by atoms with Crippen molar-refractivity contribution in [2.45, 2.75) is 18.5 Å². The quantitative estimate of drug-likeness (QED) is 0.523. The lowest BCUT2D eigenvalue weighted by atomic mass is 10.2. The third kappa shape index (κ3) is 5.24. The Balaban J connectivity index is 1.33. The molecule has 2 atom stereocenters. The summed E-state index contributed by atoms with van der Waals surface area (Å²) >= 11 is 8.13. The molecular formula is C21H29ClN6OS. The summed E-state index contributed by atoms with van der Waals surface area (Å²) in [7, 11) is 1.83. The lowest BCUT2D eigenvalue weighted by molar-refractivity contribution is 0.0177. The summed E-state index contributed by atoms with van der Waals surface area (Å²) in [5.41, 5.74) is 0. The fourth-order valence-electron chi connectivity index (χ4n) is 4.04. The van der Waals surface area contributed by atoms with Crippen molar-refractivity contribution in [3.05, 3.63) is 45.7 Å². The molecule has 2 aliphatic rings. The second-order valence-electron chi connectivity index (χ2n) is 7.52. The zero-order chi connectivity index (χ0) is 20.8. The maximum absolute atomic E-state index is 6.32. The van der Waals surface area contributed by atoms with E-state index in [1.54, 1.807) is 6.20 Å². The molecular weight excluding hydrogens is 420 g/mol. The Labute approximate surface area is 187 Å². The van der Waals surface area contributed by atoms with Gasteiger partial charge in [0.25, 0.3) is 0 Å². The highest BCUT2D eigenvalue weighted by Crippen LogP contribution is 2.27. The average Bonchev–Trinajstić information content (AvgIpc) is 3.47. The van der Waals surface area contributed by atoms with E-state index in [2.05, 4.69) is 47.9 Å². The van der Waals surface area contributed by atoms with E-state index in [-0.39, 0.29) is 0 Å². The number of aliphatic imine (C=N–C) groups is 1. The molecule has 7 nitrogen and oxygen atoms in total. The van der Waals surface area contributed by atoms with Gasteiger partial charge in [0.15, 0.2) is 5.96 Å². The molecule has 4 heterocycles. The number of pyridine rings is 1. The van der Waals surface area contributed by atoms with E-state index in [9.17, 15) is 0 Å². The van der Waals surface area contributed by atoms with Gasteiger partial charge in [-0.3, -0.25) is 9.89 Å². The molecule has 0 spiro atoms. The summed E-state index contributed by atoms with van der Waals surface area (Å²) in [4.78, 5) is 15.0. The maximum Gasteiger partial charge on any atom is 0.191 e. The number of morpholine rings is 1. The molecule has 4 rings (SSSR count). The van der Waals surface area contributed by atoms with E-state index in [0.29, 0.717) is 17.1 Å². The Kier molecular flexibility index (Phi) is 7.43. The zero-order valence-electron chi connectivity index (χ0n) is 17.3. The van der Waals surface area contributed by atoms with Crippen LogP contribution < -0.4 is 15.5 Å². The predicted octanol–water partition coefficient (Wildman–Crippen LogP) is 2.61. The Morgan fingerprint density at radius 3 is 2.93 bits per heavy atom.